The maximum absolute atomic E-state index is 8.55. The van der Waals surface area contributed by atoms with Gasteiger partial charge in [-0.25, -0.2) is 4.99 Å². The van der Waals surface area contributed by atoms with Gasteiger partial charge in [-0.3, -0.25) is 0 Å². The maximum atomic E-state index is 8.55. The van der Waals surface area contributed by atoms with E-state index in [2.05, 4.69) is 11.1 Å². The first kappa shape index (κ1) is 12.5. The Hall–Kier alpha value is -1.53. The Balaban J connectivity index is 0.00000169. The number of benzene rings is 1. The van der Waals surface area contributed by atoms with Crippen LogP contribution < -0.4 is 0 Å². The van der Waals surface area contributed by atoms with E-state index < -0.39 is 0 Å². The lowest BCUT2D eigenvalue weighted by atomic mass is 10.2. The van der Waals surface area contributed by atoms with Crippen molar-refractivity contribution in [2.24, 2.45) is 4.99 Å². The van der Waals surface area contributed by atoms with E-state index in [1.807, 2.05) is 31.1 Å². The number of hydrogen-bond donors (Lipinski definition) is 0. The molecule has 0 bridgehead atoms. The summed E-state index contributed by atoms with van der Waals surface area (Å²) in [5.41, 5.74) is 1.51. The Morgan fingerprint density at radius 3 is 2.29 bits per heavy atom. The van der Waals surface area contributed by atoms with Crippen molar-refractivity contribution in [3.8, 4) is 6.07 Å². The smallest absolute Gasteiger partial charge is 0.0991 e. The summed E-state index contributed by atoms with van der Waals surface area (Å²) in [6.45, 7) is 0. The average Bonchev–Trinajstić information content (AvgIpc) is 2.15. The van der Waals surface area contributed by atoms with Crippen LogP contribution in [0.4, 0.5) is 5.69 Å². The van der Waals surface area contributed by atoms with Crippen molar-refractivity contribution in [3.63, 3.8) is 0 Å². The zero-order chi connectivity index (χ0) is 9.68. The molecule has 0 aliphatic carbocycles. The minimum atomic E-state index is 0. The summed E-state index contributed by atoms with van der Waals surface area (Å²) in [5.74, 6) is 0. The van der Waals surface area contributed by atoms with Gasteiger partial charge in [0.05, 0.1) is 23.7 Å². The molecular formula is C10H12ClN3. The van der Waals surface area contributed by atoms with E-state index in [1.54, 1.807) is 18.5 Å². The Labute approximate surface area is 90.1 Å². The van der Waals surface area contributed by atoms with Gasteiger partial charge in [0.2, 0.25) is 0 Å². The molecule has 0 aliphatic rings. The fourth-order valence-electron chi connectivity index (χ4n) is 0.804. The first-order valence-electron chi connectivity index (χ1n) is 3.93. The van der Waals surface area contributed by atoms with E-state index in [0.717, 1.165) is 5.69 Å². The quantitative estimate of drug-likeness (QED) is 0.554. The van der Waals surface area contributed by atoms with E-state index in [1.165, 1.54) is 0 Å². The molecule has 0 unspecified atom stereocenters. The van der Waals surface area contributed by atoms with Crippen molar-refractivity contribution in [1.29, 1.82) is 5.26 Å². The van der Waals surface area contributed by atoms with Crippen molar-refractivity contribution in [3.05, 3.63) is 29.8 Å². The van der Waals surface area contributed by atoms with Crippen molar-refractivity contribution >= 4 is 24.4 Å². The second-order valence-electron chi connectivity index (χ2n) is 2.87. The molecule has 0 saturated carbocycles. The van der Waals surface area contributed by atoms with Crippen molar-refractivity contribution in [2.75, 3.05) is 14.1 Å². The minimum absolute atomic E-state index is 0. The minimum Gasteiger partial charge on any atom is -0.369 e. The normalized spacial score (nSPS) is 9.21. The predicted octanol–water partition coefficient (Wildman–Crippen LogP) is 2.20. The molecule has 14 heavy (non-hydrogen) atoms. The summed E-state index contributed by atoms with van der Waals surface area (Å²) in [4.78, 5) is 6.03. The molecule has 0 fully saturated rings. The highest BCUT2D eigenvalue weighted by molar-refractivity contribution is 5.85. The van der Waals surface area contributed by atoms with Gasteiger partial charge in [0, 0.05) is 14.1 Å². The van der Waals surface area contributed by atoms with Crippen LogP contribution in [0, 0.1) is 11.3 Å². The molecule has 0 radical (unpaired) electrons. The molecule has 3 nitrogen and oxygen atoms in total. The molecule has 4 heteroatoms. The van der Waals surface area contributed by atoms with Gasteiger partial charge in [0.1, 0.15) is 0 Å². The fraction of sp³-hybridized carbons (Fsp3) is 0.200. The molecule has 0 aliphatic heterocycles. The summed E-state index contributed by atoms with van der Waals surface area (Å²) in [6.07, 6.45) is 1.72. The largest absolute Gasteiger partial charge is 0.369 e. The lowest BCUT2D eigenvalue weighted by molar-refractivity contribution is 0.643. The van der Waals surface area contributed by atoms with Crippen LogP contribution in [-0.4, -0.2) is 25.3 Å². The fourth-order valence-corrected chi connectivity index (χ4v) is 0.804. The van der Waals surface area contributed by atoms with Crippen molar-refractivity contribution in [2.45, 2.75) is 0 Å². The lowest BCUT2D eigenvalue weighted by Crippen LogP contribution is -2.06. The first-order chi connectivity index (χ1) is 6.22. The first-order valence-corrected chi connectivity index (χ1v) is 3.93. The van der Waals surface area contributed by atoms with Crippen molar-refractivity contribution in [1.82, 2.24) is 4.90 Å². The van der Waals surface area contributed by atoms with Crippen LogP contribution in [0.3, 0.4) is 0 Å². The van der Waals surface area contributed by atoms with Gasteiger partial charge in [0.15, 0.2) is 0 Å². The van der Waals surface area contributed by atoms with Crippen LogP contribution in [0.25, 0.3) is 0 Å². The summed E-state index contributed by atoms with van der Waals surface area (Å²) in [7, 11) is 3.82. The summed E-state index contributed by atoms with van der Waals surface area (Å²) >= 11 is 0. The highest BCUT2D eigenvalue weighted by atomic mass is 35.5. The number of hydrogen-bond acceptors (Lipinski definition) is 2. The van der Waals surface area contributed by atoms with E-state index in [4.69, 9.17) is 5.26 Å². The molecule has 0 spiro atoms. The van der Waals surface area contributed by atoms with Crippen LogP contribution in [0.15, 0.2) is 29.3 Å². The SMILES string of the molecule is CN(C)C=Nc1ccc(C#N)cc1.Cl. The molecule has 0 heterocycles. The molecule has 0 saturated heterocycles. The third-order valence-corrected chi connectivity index (χ3v) is 1.43. The zero-order valence-electron chi connectivity index (χ0n) is 8.14. The zero-order valence-corrected chi connectivity index (χ0v) is 8.95. The molecule has 0 N–H and O–H groups in total. The second-order valence-corrected chi connectivity index (χ2v) is 2.87. The van der Waals surface area contributed by atoms with E-state index in [0.29, 0.717) is 5.56 Å². The van der Waals surface area contributed by atoms with Gasteiger partial charge < -0.3 is 4.90 Å². The molecule has 0 aromatic heterocycles. The molecular weight excluding hydrogens is 198 g/mol. The Morgan fingerprint density at radius 1 is 1.29 bits per heavy atom. The Kier molecular flexibility index (Phi) is 5.35. The average molecular weight is 210 g/mol. The third-order valence-electron chi connectivity index (χ3n) is 1.43. The molecule has 0 amide bonds. The predicted molar refractivity (Wildman–Crippen MR) is 60.2 cm³/mol. The summed E-state index contributed by atoms with van der Waals surface area (Å²) in [6, 6.07) is 9.20. The third kappa shape index (κ3) is 3.92. The van der Waals surface area contributed by atoms with Crippen LogP contribution >= 0.6 is 12.4 Å². The molecule has 0 atom stereocenters. The highest BCUT2D eigenvalue weighted by Crippen LogP contribution is 2.11. The summed E-state index contributed by atoms with van der Waals surface area (Å²) in [5, 5.41) is 8.55. The molecule has 1 aromatic rings. The van der Waals surface area contributed by atoms with Crippen molar-refractivity contribution < 1.29 is 0 Å². The Bertz CT molecular complexity index is 335. The van der Waals surface area contributed by atoms with Gasteiger partial charge in [-0.2, -0.15) is 5.26 Å². The van der Waals surface area contributed by atoms with Gasteiger partial charge in [-0.05, 0) is 24.3 Å². The second kappa shape index (κ2) is 6.01. The van der Waals surface area contributed by atoms with Gasteiger partial charge in [-0.15, -0.1) is 12.4 Å². The monoisotopic (exact) mass is 209 g/mol. The summed E-state index contributed by atoms with van der Waals surface area (Å²) < 4.78 is 0. The maximum Gasteiger partial charge on any atom is 0.0991 e. The van der Waals surface area contributed by atoms with Crippen LogP contribution in [0.2, 0.25) is 0 Å². The van der Waals surface area contributed by atoms with E-state index in [9.17, 15) is 0 Å². The highest BCUT2D eigenvalue weighted by Gasteiger charge is 1.89. The van der Waals surface area contributed by atoms with Crippen LogP contribution in [0.5, 0.6) is 0 Å². The standard InChI is InChI=1S/C10H11N3.ClH/c1-13(2)8-12-10-5-3-9(7-11)4-6-10;/h3-6,8H,1-2H3;1H. The topological polar surface area (TPSA) is 39.4 Å². The van der Waals surface area contributed by atoms with Gasteiger partial charge in [0.25, 0.3) is 0 Å². The number of rotatable bonds is 2. The molecule has 1 rings (SSSR count). The van der Waals surface area contributed by atoms with Crippen LogP contribution in [0.1, 0.15) is 5.56 Å². The van der Waals surface area contributed by atoms with Gasteiger partial charge in [-0.1, -0.05) is 0 Å². The number of aliphatic imine (C=N–C) groups is 1. The van der Waals surface area contributed by atoms with Gasteiger partial charge >= 0.3 is 0 Å². The molecule has 74 valence electrons. The molecule has 1 aromatic carbocycles. The number of nitriles is 1. The number of halogens is 1. The lowest BCUT2D eigenvalue weighted by Gasteiger charge is -2.01. The van der Waals surface area contributed by atoms with E-state index >= 15 is 0 Å². The number of nitrogens with zero attached hydrogens (tertiary/aromatic N) is 3. The Morgan fingerprint density at radius 2 is 1.86 bits per heavy atom. The van der Waals surface area contributed by atoms with Crippen LogP contribution in [-0.2, 0) is 0 Å². The van der Waals surface area contributed by atoms with E-state index in [-0.39, 0.29) is 12.4 Å².